The predicted octanol–water partition coefficient (Wildman–Crippen LogP) is 4.59. The van der Waals surface area contributed by atoms with E-state index in [0.29, 0.717) is 0 Å². The summed E-state index contributed by atoms with van der Waals surface area (Å²) in [5, 5.41) is 4.25. The van der Waals surface area contributed by atoms with Gasteiger partial charge in [0.1, 0.15) is 5.75 Å². The maximum atomic E-state index is 6.12. The number of rotatable bonds is 5. The van der Waals surface area contributed by atoms with Gasteiger partial charge in [-0.05, 0) is 42.8 Å². The molecule has 3 nitrogen and oxygen atoms in total. The Morgan fingerprint density at radius 3 is 2.33 bits per heavy atom. The quantitative estimate of drug-likeness (QED) is 0.874. The highest BCUT2D eigenvalue weighted by Crippen LogP contribution is 2.31. The average Bonchev–Trinajstić information content (AvgIpc) is 2.47. The number of ether oxygens (including phenoxy) is 1. The molecular formula is C17H21ClN2O. The van der Waals surface area contributed by atoms with Crippen molar-refractivity contribution in [3.63, 3.8) is 0 Å². The van der Waals surface area contributed by atoms with E-state index in [2.05, 4.69) is 29.3 Å². The molecule has 0 fully saturated rings. The third kappa shape index (κ3) is 3.82. The van der Waals surface area contributed by atoms with Crippen molar-refractivity contribution in [3.8, 4) is 5.75 Å². The van der Waals surface area contributed by atoms with Crippen molar-refractivity contribution in [2.75, 3.05) is 31.4 Å². The average molecular weight is 305 g/mol. The van der Waals surface area contributed by atoms with E-state index in [-0.39, 0.29) is 6.04 Å². The maximum Gasteiger partial charge on any atom is 0.118 e. The van der Waals surface area contributed by atoms with Crippen molar-refractivity contribution in [2.24, 2.45) is 0 Å². The Bertz CT molecular complexity index is 596. The van der Waals surface area contributed by atoms with E-state index in [0.717, 1.165) is 22.1 Å². The SMILES string of the molecule is COc1ccc(C(C)Nc2cc(Cl)ccc2N(C)C)cc1. The Labute approximate surface area is 131 Å². The van der Waals surface area contributed by atoms with Crippen LogP contribution in [0.25, 0.3) is 0 Å². The van der Waals surface area contributed by atoms with Crippen molar-refractivity contribution in [3.05, 3.63) is 53.1 Å². The van der Waals surface area contributed by atoms with Crippen LogP contribution in [-0.2, 0) is 0 Å². The van der Waals surface area contributed by atoms with Crippen molar-refractivity contribution in [2.45, 2.75) is 13.0 Å². The molecule has 0 saturated heterocycles. The van der Waals surface area contributed by atoms with Gasteiger partial charge >= 0.3 is 0 Å². The first-order valence-electron chi connectivity index (χ1n) is 6.88. The summed E-state index contributed by atoms with van der Waals surface area (Å²) in [6.45, 7) is 2.13. The molecule has 2 aromatic rings. The summed E-state index contributed by atoms with van der Waals surface area (Å²) < 4.78 is 5.19. The van der Waals surface area contributed by atoms with Crippen LogP contribution in [0.3, 0.4) is 0 Å². The molecule has 0 radical (unpaired) electrons. The number of nitrogens with zero attached hydrogens (tertiary/aromatic N) is 1. The Morgan fingerprint density at radius 1 is 1.10 bits per heavy atom. The third-order valence-corrected chi connectivity index (χ3v) is 3.66. The van der Waals surface area contributed by atoms with Crippen molar-refractivity contribution in [1.82, 2.24) is 0 Å². The maximum absolute atomic E-state index is 6.12. The molecule has 1 unspecified atom stereocenters. The molecule has 0 bridgehead atoms. The highest BCUT2D eigenvalue weighted by Gasteiger charge is 2.10. The fraction of sp³-hybridized carbons (Fsp3) is 0.294. The zero-order chi connectivity index (χ0) is 15.4. The van der Waals surface area contributed by atoms with Crippen molar-refractivity contribution in [1.29, 1.82) is 0 Å². The second-order valence-corrected chi connectivity index (χ2v) is 5.63. The highest BCUT2D eigenvalue weighted by molar-refractivity contribution is 6.31. The lowest BCUT2D eigenvalue weighted by atomic mass is 10.1. The second-order valence-electron chi connectivity index (χ2n) is 5.20. The molecule has 21 heavy (non-hydrogen) atoms. The van der Waals surface area contributed by atoms with Crippen LogP contribution in [0.5, 0.6) is 5.75 Å². The summed E-state index contributed by atoms with van der Waals surface area (Å²) in [5.41, 5.74) is 3.33. The van der Waals surface area contributed by atoms with Crippen molar-refractivity contribution >= 4 is 23.0 Å². The fourth-order valence-corrected chi connectivity index (χ4v) is 2.40. The molecule has 2 rings (SSSR count). The van der Waals surface area contributed by atoms with Crippen LogP contribution < -0.4 is 15.0 Å². The van der Waals surface area contributed by atoms with Crippen LogP contribution >= 0.6 is 11.6 Å². The van der Waals surface area contributed by atoms with Gasteiger partial charge in [0.2, 0.25) is 0 Å². The zero-order valence-corrected chi connectivity index (χ0v) is 13.6. The molecule has 0 aliphatic carbocycles. The second kappa shape index (κ2) is 6.72. The summed E-state index contributed by atoms with van der Waals surface area (Å²) in [6.07, 6.45) is 0. The Kier molecular flexibility index (Phi) is 4.97. The van der Waals surface area contributed by atoms with Gasteiger partial charge in [0.25, 0.3) is 0 Å². The van der Waals surface area contributed by atoms with Crippen LogP contribution in [-0.4, -0.2) is 21.2 Å². The van der Waals surface area contributed by atoms with E-state index in [9.17, 15) is 0 Å². The van der Waals surface area contributed by atoms with E-state index < -0.39 is 0 Å². The lowest BCUT2D eigenvalue weighted by molar-refractivity contribution is 0.414. The van der Waals surface area contributed by atoms with Crippen LogP contribution in [0.15, 0.2) is 42.5 Å². The standard InChI is InChI=1S/C17H21ClN2O/c1-12(13-5-8-15(21-4)9-6-13)19-16-11-14(18)7-10-17(16)20(2)3/h5-12,19H,1-4H3. The van der Waals surface area contributed by atoms with Gasteiger partial charge in [-0.25, -0.2) is 0 Å². The lowest BCUT2D eigenvalue weighted by Crippen LogP contribution is -2.14. The minimum atomic E-state index is 0.174. The first-order valence-corrected chi connectivity index (χ1v) is 7.26. The van der Waals surface area contributed by atoms with E-state index >= 15 is 0 Å². The van der Waals surface area contributed by atoms with Crippen LogP contribution in [0.4, 0.5) is 11.4 Å². The van der Waals surface area contributed by atoms with Gasteiger partial charge < -0.3 is 15.0 Å². The van der Waals surface area contributed by atoms with Gasteiger partial charge in [0.05, 0.1) is 18.5 Å². The molecule has 0 heterocycles. The Morgan fingerprint density at radius 2 is 1.76 bits per heavy atom. The smallest absolute Gasteiger partial charge is 0.118 e. The number of halogens is 1. The van der Waals surface area contributed by atoms with Crippen LogP contribution in [0, 0.1) is 0 Å². The molecule has 0 aliphatic rings. The molecule has 112 valence electrons. The monoisotopic (exact) mass is 304 g/mol. The minimum Gasteiger partial charge on any atom is -0.497 e. The minimum absolute atomic E-state index is 0.174. The Balaban J connectivity index is 2.21. The number of methoxy groups -OCH3 is 1. The van der Waals surface area contributed by atoms with Gasteiger partial charge in [-0.1, -0.05) is 23.7 Å². The molecule has 0 aromatic heterocycles. The zero-order valence-electron chi connectivity index (χ0n) is 12.9. The van der Waals surface area contributed by atoms with Gasteiger partial charge in [-0.2, -0.15) is 0 Å². The molecule has 1 atom stereocenters. The van der Waals surface area contributed by atoms with E-state index in [1.54, 1.807) is 7.11 Å². The molecule has 2 aromatic carbocycles. The molecular weight excluding hydrogens is 284 g/mol. The Hall–Kier alpha value is -1.87. The fourth-order valence-electron chi connectivity index (χ4n) is 2.22. The van der Waals surface area contributed by atoms with E-state index in [1.165, 1.54) is 5.56 Å². The first-order chi connectivity index (χ1) is 10.0. The summed E-state index contributed by atoms with van der Waals surface area (Å²) in [7, 11) is 5.71. The number of anilines is 2. The molecule has 4 heteroatoms. The number of nitrogens with one attached hydrogen (secondary N) is 1. The summed E-state index contributed by atoms with van der Waals surface area (Å²) in [6, 6.07) is 14.1. The summed E-state index contributed by atoms with van der Waals surface area (Å²) in [5.74, 6) is 0.864. The van der Waals surface area contributed by atoms with Crippen LogP contribution in [0.2, 0.25) is 5.02 Å². The summed E-state index contributed by atoms with van der Waals surface area (Å²) >= 11 is 6.12. The van der Waals surface area contributed by atoms with E-state index in [4.69, 9.17) is 16.3 Å². The molecule has 0 spiro atoms. The molecule has 0 saturated carbocycles. The largest absolute Gasteiger partial charge is 0.497 e. The van der Waals surface area contributed by atoms with Gasteiger partial charge in [0, 0.05) is 25.2 Å². The first kappa shape index (κ1) is 15.5. The van der Waals surface area contributed by atoms with Gasteiger partial charge in [0.15, 0.2) is 0 Å². The number of hydrogen-bond acceptors (Lipinski definition) is 3. The van der Waals surface area contributed by atoms with Crippen molar-refractivity contribution < 1.29 is 4.74 Å². The normalized spacial score (nSPS) is 11.9. The molecule has 0 amide bonds. The lowest BCUT2D eigenvalue weighted by Gasteiger charge is -2.22. The number of benzene rings is 2. The molecule has 0 aliphatic heterocycles. The predicted molar refractivity (Wildman–Crippen MR) is 90.8 cm³/mol. The van der Waals surface area contributed by atoms with Gasteiger partial charge in [-0.3, -0.25) is 0 Å². The number of hydrogen-bond donors (Lipinski definition) is 1. The third-order valence-electron chi connectivity index (χ3n) is 3.43. The molecule has 1 N–H and O–H groups in total. The topological polar surface area (TPSA) is 24.5 Å². The highest BCUT2D eigenvalue weighted by atomic mass is 35.5. The summed E-state index contributed by atoms with van der Waals surface area (Å²) in [4.78, 5) is 2.07. The van der Waals surface area contributed by atoms with Crippen LogP contribution in [0.1, 0.15) is 18.5 Å². The van der Waals surface area contributed by atoms with Gasteiger partial charge in [-0.15, -0.1) is 0 Å². The van der Waals surface area contributed by atoms with E-state index in [1.807, 2.05) is 44.4 Å².